The smallest absolute Gasteiger partial charge is 0.308 e. The molecule has 8 heteroatoms. The summed E-state index contributed by atoms with van der Waals surface area (Å²) in [6.45, 7) is 14.2. The Morgan fingerprint density at radius 1 is 0.917 bits per heavy atom. The van der Waals surface area contributed by atoms with Crippen LogP contribution >= 0.6 is 11.6 Å². The molecule has 1 aliphatic rings. The van der Waals surface area contributed by atoms with Crippen molar-refractivity contribution in [2.24, 2.45) is 0 Å². The number of carbonyl (C=O) groups excluding carboxylic acids is 2. The summed E-state index contributed by atoms with van der Waals surface area (Å²) in [6.07, 6.45) is 0.804. The Morgan fingerprint density at radius 2 is 1.52 bits per heavy atom. The van der Waals surface area contributed by atoms with Gasteiger partial charge in [-0.05, 0) is 82.3 Å². The number of rotatable bonds is 10. The first-order valence-corrected chi connectivity index (χ1v) is 17.1. The van der Waals surface area contributed by atoms with Crippen LogP contribution in [0.5, 0.6) is 0 Å². The molecule has 1 aliphatic heterocycles. The summed E-state index contributed by atoms with van der Waals surface area (Å²) in [4.78, 5) is 27.1. The summed E-state index contributed by atoms with van der Waals surface area (Å²) in [5.74, 6) is -1.32. The van der Waals surface area contributed by atoms with Gasteiger partial charge in [-0.1, -0.05) is 86.1 Å². The molecule has 3 aromatic carbocycles. The number of hydrogen-bond donors (Lipinski definition) is 1. The molecule has 0 bridgehead atoms. The van der Waals surface area contributed by atoms with Crippen molar-refractivity contribution >= 4 is 29.2 Å². The van der Waals surface area contributed by atoms with Gasteiger partial charge in [0.2, 0.25) is 0 Å². The maximum Gasteiger partial charge on any atom is 0.308 e. The van der Waals surface area contributed by atoms with Gasteiger partial charge in [0.1, 0.15) is 5.60 Å². The highest BCUT2D eigenvalue weighted by molar-refractivity contribution is 6.30. The lowest BCUT2D eigenvalue weighted by atomic mass is 9.94. The average Bonchev–Trinajstić information content (AvgIpc) is 3.35. The van der Waals surface area contributed by atoms with Crippen LogP contribution in [0.3, 0.4) is 0 Å². The Balaban J connectivity index is 1.59. The lowest BCUT2D eigenvalue weighted by molar-refractivity contribution is -0.301. The second kappa shape index (κ2) is 14.7. The SMILES string of the molecule is CC(C)c1c(C(=O)Nc2ccccc2)c(-c2ccccc2)c(-c2ccc(Cl)cc2)n1CCC1CC(CC(=O)OC(C)(C)C)OC(C)(C)O1. The fourth-order valence-electron chi connectivity index (χ4n) is 6.57. The Morgan fingerprint density at radius 3 is 2.12 bits per heavy atom. The van der Waals surface area contributed by atoms with E-state index in [2.05, 4.69) is 23.7 Å². The third-order valence-corrected chi connectivity index (χ3v) is 8.46. The number of benzene rings is 3. The van der Waals surface area contributed by atoms with Crippen LogP contribution in [0.25, 0.3) is 22.4 Å². The maximum atomic E-state index is 14.4. The van der Waals surface area contributed by atoms with Crippen LogP contribution in [-0.2, 0) is 25.5 Å². The molecule has 2 atom stereocenters. The number of aromatic nitrogens is 1. The van der Waals surface area contributed by atoms with Gasteiger partial charge in [-0.3, -0.25) is 9.59 Å². The molecule has 0 saturated carbocycles. The van der Waals surface area contributed by atoms with Gasteiger partial charge < -0.3 is 24.1 Å². The molecule has 1 fully saturated rings. The molecule has 7 nitrogen and oxygen atoms in total. The molecule has 4 aromatic rings. The van der Waals surface area contributed by atoms with E-state index in [-0.39, 0.29) is 36.4 Å². The first kappa shape index (κ1) is 35.4. The Kier molecular flexibility index (Phi) is 10.8. The number of esters is 1. The van der Waals surface area contributed by atoms with Crippen molar-refractivity contribution in [2.45, 2.75) is 104 Å². The van der Waals surface area contributed by atoms with E-state index in [0.29, 0.717) is 30.0 Å². The summed E-state index contributed by atoms with van der Waals surface area (Å²) < 4.78 is 20.5. The monoisotopic (exact) mass is 670 g/mol. The van der Waals surface area contributed by atoms with Crippen LogP contribution in [0.1, 0.15) is 89.7 Å². The predicted molar refractivity (Wildman–Crippen MR) is 192 cm³/mol. The molecule has 48 heavy (non-hydrogen) atoms. The summed E-state index contributed by atoms with van der Waals surface area (Å²) in [5.41, 5.74) is 5.44. The van der Waals surface area contributed by atoms with Crippen molar-refractivity contribution in [2.75, 3.05) is 5.32 Å². The van der Waals surface area contributed by atoms with E-state index in [4.69, 9.17) is 25.8 Å². The average molecular weight is 671 g/mol. The van der Waals surface area contributed by atoms with Crippen LogP contribution in [0, 0.1) is 0 Å². The minimum absolute atomic E-state index is 0.0111. The fraction of sp³-hybridized carbons (Fsp3) is 0.400. The lowest BCUT2D eigenvalue weighted by Crippen LogP contribution is -2.46. The molecule has 2 unspecified atom stereocenters. The summed E-state index contributed by atoms with van der Waals surface area (Å²) in [5, 5.41) is 3.80. The molecule has 1 saturated heterocycles. The van der Waals surface area contributed by atoms with Gasteiger partial charge in [-0.2, -0.15) is 0 Å². The highest BCUT2D eigenvalue weighted by Crippen LogP contribution is 2.43. The zero-order chi connectivity index (χ0) is 34.6. The Hall–Kier alpha value is -3.91. The second-order valence-electron chi connectivity index (χ2n) is 14.2. The number of carbonyl (C=O) groups is 2. The topological polar surface area (TPSA) is 78.8 Å². The first-order valence-electron chi connectivity index (χ1n) is 16.7. The van der Waals surface area contributed by atoms with Gasteiger partial charge in [0, 0.05) is 34.9 Å². The number of para-hydroxylation sites is 1. The van der Waals surface area contributed by atoms with Crippen LogP contribution in [-0.4, -0.2) is 40.0 Å². The fourth-order valence-corrected chi connectivity index (χ4v) is 6.70. The number of halogens is 1. The number of nitrogens with zero attached hydrogens (tertiary/aromatic N) is 1. The Bertz CT molecular complexity index is 1710. The summed E-state index contributed by atoms with van der Waals surface area (Å²) in [6, 6.07) is 27.4. The van der Waals surface area contributed by atoms with E-state index in [1.807, 2.05) is 120 Å². The van der Waals surface area contributed by atoms with E-state index < -0.39 is 11.4 Å². The van der Waals surface area contributed by atoms with Gasteiger partial charge >= 0.3 is 5.97 Å². The first-order chi connectivity index (χ1) is 22.7. The normalized spacial score (nSPS) is 17.7. The van der Waals surface area contributed by atoms with E-state index in [9.17, 15) is 9.59 Å². The van der Waals surface area contributed by atoms with Crippen LogP contribution in [0.15, 0.2) is 84.9 Å². The molecule has 254 valence electrons. The second-order valence-corrected chi connectivity index (χ2v) is 14.6. The lowest BCUT2D eigenvalue weighted by Gasteiger charge is -2.41. The van der Waals surface area contributed by atoms with Crippen LogP contribution in [0.4, 0.5) is 5.69 Å². The van der Waals surface area contributed by atoms with Gasteiger partial charge in [-0.25, -0.2) is 0 Å². The standard InChI is InChI=1S/C40H47ClN2O5/c1-26(2)36-35(38(45)42-30-16-12-9-13-17-30)34(27-14-10-8-11-15-27)37(28-18-20-29(41)21-19-28)43(36)23-22-31-24-32(47-40(6,7)46-31)25-33(44)48-39(3,4)5/h8-21,26,31-32H,22-25H2,1-7H3,(H,42,45). The quantitative estimate of drug-likeness (QED) is 0.170. The molecular weight excluding hydrogens is 624 g/mol. The summed E-state index contributed by atoms with van der Waals surface area (Å²) >= 11 is 6.37. The number of amides is 1. The van der Waals surface area contributed by atoms with Crippen molar-refractivity contribution in [3.05, 3.63) is 101 Å². The summed E-state index contributed by atoms with van der Waals surface area (Å²) in [7, 11) is 0. The van der Waals surface area contributed by atoms with Crippen molar-refractivity contribution in [3.63, 3.8) is 0 Å². The van der Waals surface area contributed by atoms with Gasteiger partial charge in [0.25, 0.3) is 5.91 Å². The van der Waals surface area contributed by atoms with Gasteiger partial charge in [0.15, 0.2) is 5.79 Å². The largest absolute Gasteiger partial charge is 0.460 e. The minimum atomic E-state index is -0.873. The van der Waals surface area contributed by atoms with Crippen LogP contribution < -0.4 is 5.32 Å². The molecule has 0 spiro atoms. The zero-order valence-electron chi connectivity index (χ0n) is 29.0. The van der Waals surface area contributed by atoms with E-state index >= 15 is 0 Å². The van der Waals surface area contributed by atoms with E-state index in [1.165, 1.54) is 0 Å². The molecule has 1 amide bonds. The molecule has 2 heterocycles. The van der Waals surface area contributed by atoms with E-state index in [1.54, 1.807) is 0 Å². The highest BCUT2D eigenvalue weighted by atomic mass is 35.5. The molecule has 0 aliphatic carbocycles. The molecule has 0 radical (unpaired) electrons. The van der Waals surface area contributed by atoms with Crippen molar-refractivity contribution in [1.82, 2.24) is 4.57 Å². The number of hydrogen-bond acceptors (Lipinski definition) is 5. The maximum absolute atomic E-state index is 14.4. The minimum Gasteiger partial charge on any atom is -0.460 e. The predicted octanol–water partition coefficient (Wildman–Crippen LogP) is 9.88. The van der Waals surface area contributed by atoms with Crippen molar-refractivity contribution < 1.29 is 23.8 Å². The third kappa shape index (κ3) is 8.76. The number of ether oxygens (including phenoxy) is 3. The number of anilines is 1. The number of nitrogens with one attached hydrogen (secondary N) is 1. The molecular formula is C40H47ClN2O5. The molecule has 5 rings (SSSR count). The molecule has 1 aromatic heterocycles. The third-order valence-electron chi connectivity index (χ3n) is 8.21. The van der Waals surface area contributed by atoms with Gasteiger partial charge in [0.05, 0.1) is 29.9 Å². The van der Waals surface area contributed by atoms with Crippen LogP contribution in [0.2, 0.25) is 5.02 Å². The highest BCUT2D eigenvalue weighted by Gasteiger charge is 2.38. The zero-order valence-corrected chi connectivity index (χ0v) is 29.8. The van der Waals surface area contributed by atoms with E-state index in [0.717, 1.165) is 33.8 Å². The van der Waals surface area contributed by atoms with Crippen molar-refractivity contribution in [3.8, 4) is 22.4 Å². The van der Waals surface area contributed by atoms with Crippen molar-refractivity contribution in [1.29, 1.82) is 0 Å². The Labute approximate surface area is 289 Å². The molecule has 1 N–H and O–H groups in total. The van der Waals surface area contributed by atoms with Gasteiger partial charge in [-0.15, -0.1) is 0 Å².